The Kier molecular flexibility index (Phi) is 7.98. The standard InChI is InChI=1S/C19H16Cl2N2O5/c20-15-5-4-14(17(21)11-15)9-10-22-18(24)12-28-19(25)8-3-13-1-6-16(7-2-13)23(26)27/h1-8,11H,9-10,12H2,(H,22,24)/b8-3+. The van der Waals surface area contributed by atoms with Gasteiger partial charge in [0.1, 0.15) is 0 Å². The van der Waals surface area contributed by atoms with E-state index in [9.17, 15) is 19.7 Å². The van der Waals surface area contributed by atoms with Gasteiger partial charge in [0.2, 0.25) is 0 Å². The normalized spacial score (nSPS) is 10.6. The van der Waals surface area contributed by atoms with E-state index in [1.807, 2.05) is 0 Å². The number of hydrogen-bond acceptors (Lipinski definition) is 5. The van der Waals surface area contributed by atoms with Crippen LogP contribution in [-0.4, -0.2) is 30.0 Å². The Labute approximate surface area is 171 Å². The van der Waals surface area contributed by atoms with Crippen molar-refractivity contribution in [2.45, 2.75) is 6.42 Å². The molecule has 1 amide bonds. The first-order chi connectivity index (χ1) is 13.3. The second kappa shape index (κ2) is 10.4. The Morgan fingerprint density at radius 2 is 1.86 bits per heavy atom. The minimum absolute atomic E-state index is 0.0451. The van der Waals surface area contributed by atoms with Crippen LogP contribution in [0.3, 0.4) is 0 Å². The lowest BCUT2D eigenvalue weighted by Crippen LogP contribution is -2.30. The number of ether oxygens (including phenoxy) is 1. The maximum absolute atomic E-state index is 11.7. The van der Waals surface area contributed by atoms with Gasteiger partial charge in [-0.05, 0) is 47.9 Å². The highest BCUT2D eigenvalue weighted by Crippen LogP contribution is 2.21. The van der Waals surface area contributed by atoms with Gasteiger partial charge in [0.25, 0.3) is 11.6 Å². The van der Waals surface area contributed by atoms with Crippen molar-refractivity contribution in [2.24, 2.45) is 0 Å². The van der Waals surface area contributed by atoms with E-state index in [4.69, 9.17) is 27.9 Å². The lowest BCUT2D eigenvalue weighted by Gasteiger charge is -2.07. The highest BCUT2D eigenvalue weighted by Gasteiger charge is 2.07. The first-order valence-electron chi connectivity index (χ1n) is 8.15. The van der Waals surface area contributed by atoms with E-state index < -0.39 is 23.4 Å². The van der Waals surface area contributed by atoms with E-state index in [1.54, 1.807) is 18.2 Å². The molecule has 0 saturated heterocycles. The van der Waals surface area contributed by atoms with Gasteiger partial charge in [-0.1, -0.05) is 29.3 Å². The highest BCUT2D eigenvalue weighted by molar-refractivity contribution is 6.35. The van der Waals surface area contributed by atoms with E-state index in [0.29, 0.717) is 28.6 Å². The predicted molar refractivity (Wildman–Crippen MR) is 106 cm³/mol. The summed E-state index contributed by atoms with van der Waals surface area (Å²) in [7, 11) is 0. The first-order valence-corrected chi connectivity index (χ1v) is 8.90. The molecule has 0 bridgehead atoms. The molecule has 0 spiro atoms. The molecule has 0 unspecified atom stereocenters. The Morgan fingerprint density at radius 1 is 1.14 bits per heavy atom. The van der Waals surface area contributed by atoms with Crippen molar-refractivity contribution in [3.63, 3.8) is 0 Å². The molecule has 2 aromatic carbocycles. The third-order valence-corrected chi connectivity index (χ3v) is 4.18. The van der Waals surface area contributed by atoms with Crippen molar-refractivity contribution in [3.8, 4) is 0 Å². The van der Waals surface area contributed by atoms with Gasteiger partial charge < -0.3 is 10.1 Å². The number of rotatable bonds is 8. The lowest BCUT2D eigenvalue weighted by molar-refractivity contribution is -0.384. The number of carbonyl (C=O) groups is 2. The van der Waals surface area contributed by atoms with Crippen LogP contribution in [0.4, 0.5) is 5.69 Å². The van der Waals surface area contributed by atoms with Crippen LogP contribution in [0.1, 0.15) is 11.1 Å². The molecule has 146 valence electrons. The van der Waals surface area contributed by atoms with E-state index in [2.05, 4.69) is 5.32 Å². The summed E-state index contributed by atoms with van der Waals surface area (Å²) in [6.45, 7) is -0.0891. The summed E-state index contributed by atoms with van der Waals surface area (Å²) in [4.78, 5) is 33.4. The predicted octanol–water partition coefficient (Wildman–Crippen LogP) is 3.82. The quantitative estimate of drug-likeness (QED) is 0.301. The minimum atomic E-state index is -0.700. The summed E-state index contributed by atoms with van der Waals surface area (Å²) in [5.41, 5.74) is 1.39. The molecule has 2 aromatic rings. The molecule has 0 saturated carbocycles. The van der Waals surface area contributed by atoms with Crippen molar-refractivity contribution in [3.05, 3.63) is 79.8 Å². The van der Waals surface area contributed by atoms with Gasteiger partial charge in [0.05, 0.1) is 4.92 Å². The molecule has 0 fully saturated rings. The summed E-state index contributed by atoms with van der Waals surface area (Å²) in [5, 5.41) is 14.3. The summed E-state index contributed by atoms with van der Waals surface area (Å²) >= 11 is 11.9. The maximum Gasteiger partial charge on any atom is 0.331 e. The van der Waals surface area contributed by atoms with Crippen LogP contribution >= 0.6 is 23.2 Å². The Morgan fingerprint density at radius 3 is 2.50 bits per heavy atom. The van der Waals surface area contributed by atoms with Gasteiger partial charge in [0, 0.05) is 34.8 Å². The van der Waals surface area contributed by atoms with Crippen LogP contribution in [0.15, 0.2) is 48.5 Å². The van der Waals surface area contributed by atoms with E-state index >= 15 is 0 Å². The third-order valence-electron chi connectivity index (χ3n) is 3.59. The molecule has 7 nitrogen and oxygen atoms in total. The van der Waals surface area contributed by atoms with Crippen molar-refractivity contribution >= 4 is 46.8 Å². The second-order valence-corrected chi connectivity index (χ2v) is 6.47. The van der Waals surface area contributed by atoms with Gasteiger partial charge in [-0.3, -0.25) is 14.9 Å². The molecular weight excluding hydrogens is 407 g/mol. The van der Waals surface area contributed by atoms with Crippen LogP contribution in [0.2, 0.25) is 10.0 Å². The van der Waals surface area contributed by atoms with Crippen LogP contribution in [-0.2, 0) is 20.7 Å². The number of hydrogen-bond donors (Lipinski definition) is 1. The van der Waals surface area contributed by atoms with Crippen LogP contribution in [0, 0.1) is 10.1 Å². The molecule has 0 atom stereocenters. The van der Waals surface area contributed by atoms with Crippen LogP contribution < -0.4 is 5.32 Å². The number of halogens is 2. The largest absolute Gasteiger partial charge is 0.452 e. The average Bonchev–Trinajstić information content (AvgIpc) is 2.66. The Balaban J connectivity index is 1.71. The molecule has 9 heteroatoms. The van der Waals surface area contributed by atoms with Crippen molar-refractivity contribution in [2.75, 3.05) is 13.2 Å². The molecule has 0 aliphatic rings. The van der Waals surface area contributed by atoms with Crippen molar-refractivity contribution < 1.29 is 19.2 Å². The zero-order chi connectivity index (χ0) is 20.5. The average molecular weight is 423 g/mol. The second-order valence-electron chi connectivity index (χ2n) is 5.63. The summed E-state index contributed by atoms with van der Waals surface area (Å²) in [6, 6.07) is 10.8. The molecular formula is C19H16Cl2N2O5. The fourth-order valence-corrected chi connectivity index (χ4v) is 2.67. The van der Waals surface area contributed by atoms with Gasteiger partial charge >= 0.3 is 5.97 Å². The molecule has 0 aromatic heterocycles. The fraction of sp³-hybridized carbons (Fsp3) is 0.158. The first kappa shape index (κ1) is 21.4. The molecule has 2 rings (SSSR count). The van der Waals surface area contributed by atoms with Crippen LogP contribution in [0.25, 0.3) is 6.08 Å². The summed E-state index contributed by atoms with van der Waals surface area (Å²) in [5.74, 6) is -1.14. The number of nitrogens with zero attached hydrogens (tertiary/aromatic N) is 1. The van der Waals surface area contributed by atoms with Crippen molar-refractivity contribution in [1.29, 1.82) is 0 Å². The number of benzene rings is 2. The number of nitro benzene ring substituents is 1. The number of esters is 1. The van der Waals surface area contributed by atoms with Crippen molar-refractivity contribution in [1.82, 2.24) is 5.32 Å². The zero-order valence-electron chi connectivity index (χ0n) is 14.6. The fourth-order valence-electron chi connectivity index (χ4n) is 2.17. The molecule has 28 heavy (non-hydrogen) atoms. The minimum Gasteiger partial charge on any atom is -0.452 e. The summed E-state index contributed by atoms with van der Waals surface area (Å²) < 4.78 is 4.84. The smallest absolute Gasteiger partial charge is 0.331 e. The molecule has 0 aliphatic heterocycles. The van der Waals surface area contributed by atoms with Gasteiger partial charge in [0.15, 0.2) is 6.61 Å². The Hall–Kier alpha value is -2.90. The van der Waals surface area contributed by atoms with E-state index in [-0.39, 0.29) is 5.69 Å². The number of amides is 1. The molecule has 0 radical (unpaired) electrons. The lowest BCUT2D eigenvalue weighted by atomic mass is 10.1. The van der Waals surface area contributed by atoms with Crippen LogP contribution in [0.5, 0.6) is 0 Å². The number of nitrogens with one attached hydrogen (secondary N) is 1. The SMILES string of the molecule is O=C(COC(=O)/C=C/c1ccc([N+](=O)[O-])cc1)NCCc1ccc(Cl)cc1Cl. The summed E-state index contributed by atoms with van der Waals surface area (Å²) in [6.07, 6.45) is 3.09. The zero-order valence-corrected chi connectivity index (χ0v) is 16.1. The van der Waals surface area contributed by atoms with E-state index in [0.717, 1.165) is 11.6 Å². The topological polar surface area (TPSA) is 98.5 Å². The number of non-ortho nitro benzene ring substituents is 1. The third kappa shape index (κ3) is 7.02. The number of nitro groups is 1. The number of carbonyl (C=O) groups excluding carboxylic acids is 2. The Bertz CT molecular complexity index is 898. The molecule has 0 heterocycles. The molecule has 1 N–H and O–H groups in total. The highest BCUT2D eigenvalue weighted by atomic mass is 35.5. The van der Waals surface area contributed by atoms with Gasteiger partial charge in [-0.2, -0.15) is 0 Å². The van der Waals surface area contributed by atoms with Gasteiger partial charge in [-0.15, -0.1) is 0 Å². The van der Waals surface area contributed by atoms with E-state index in [1.165, 1.54) is 30.3 Å². The van der Waals surface area contributed by atoms with Gasteiger partial charge in [-0.25, -0.2) is 4.79 Å². The molecule has 0 aliphatic carbocycles. The maximum atomic E-state index is 11.7. The monoisotopic (exact) mass is 422 g/mol.